The van der Waals surface area contributed by atoms with E-state index < -0.39 is 27.4 Å². The average Bonchev–Trinajstić information content (AvgIpc) is 3.53. The van der Waals surface area contributed by atoms with E-state index in [2.05, 4.69) is 4.99 Å². The van der Waals surface area contributed by atoms with Gasteiger partial charge in [0.1, 0.15) is 17.6 Å². The third-order valence-corrected chi connectivity index (χ3v) is 7.14. The molecule has 0 bridgehead atoms. The lowest BCUT2D eigenvalue weighted by Crippen LogP contribution is -2.39. The zero-order valence-electron chi connectivity index (χ0n) is 21.1. The lowest BCUT2D eigenvalue weighted by atomic mass is 10.0. The van der Waals surface area contributed by atoms with Crippen molar-refractivity contribution in [3.05, 3.63) is 123 Å². The molecule has 4 aromatic rings. The largest absolute Gasteiger partial charge is 0.463 e. The maximum absolute atomic E-state index is 13.7. The van der Waals surface area contributed by atoms with Gasteiger partial charge in [0, 0.05) is 29.8 Å². The van der Waals surface area contributed by atoms with Crippen LogP contribution >= 0.6 is 11.3 Å². The number of aromatic nitrogens is 1. The van der Waals surface area contributed by atoms with E-state index in [-0.39, 0.29) is 29.3 Å². The summed E-state index contributed by atoms with van der Waals surface area (Å²) in [6.07, 6.45) is 1.59. The maximum atomic E-state index is 13.7. The molecule has 0 saturated heterocycles. The summed E-state index contributed by atoms with van der Waals surface area (Å²) < 4.78 is 13.0. The van der Waals surface area contributed by atoms with Crippen molar-refractivity contribution in [3.8, 4) is 11.3 Å². The number of thiazole rings is 1. The summed E-state index contributed by atoms with van der Waals surface area (Å²) in [4.78, 5) is 52.8. The normalized spacial score (nSPS) is 14.9. The van der Waals surface area contributed by atoms with Crippen molar-refractivity contribution in [1.82, 2.24) is 4.57 Å². The second kappa shape index (κ2) is 10.5. The third kappa shape index (κ3) is 4.85. The van der Waals surface area contributed by atoms with Crippen LogP contribution in [0, 0.1) is 20.2 Å². The van der Waals surface area contributed by atoms with Gasteiger partial charge < -0.3 is 9.15 Å². The SMILES string of the molecule is CCOC(=O)C1=C(C)N=c2s/c(=C\c3ccc([N+](=O)[O-])cc3)c(=O)n2[C@H]1c1ccc(-c2cccc([N+](=O)[O-])c2)o1. The van der Waals surface area contributed by atoms with Crippen molar-refractivity contribution >= 4 is 34.8 Å². The highest BCUT2D eigenvalue weighted by Crippen LogP contribution is 2.34. The van der Waals surface area contributed by atoms with E-state index in [4.69, 9.17) is 9.15 Å². The minimum Gasteiger partial charge on any atom is -0.463 e. The predicted octanol–water partition coefficient (Wildman–Crippen LogP) is 3.87. The van der Waals surface area contributed by atoms with E-state index in [0.29, 0.717) is 31.9 Å². The van der Waals surface area contributed by atoms with Crippen LogP contribution in [0.4, 0.5) is 11.4 Å². The Morgan fingerprint density at radius 1 is 1.10 bits per heavy atom. The van der Waals surface area contributed by atoms with Gasteiger partial charge in [0.15, 0.2) is 4.80 Å². The van der Waals surface area contributed by atoms with Crippen LogP contribution in [0.25, 0.3) is 17.4 Å². The van der Waals surface area contributed by atoms with Crippen molar-refractivity contribution in [2.75, 3.05) is 6.61 Å². The molecule has 0 fully saturated rings. The van der Waals surface area contributed by atoms with E-state index in [1.54, 1.807) is 38.1 Å². The minimum atomic E-state index is -1.01. The van der Waals surface area contributed by atoms with Crippen molar-refractivity contribution in [2.45, 2.75) is 19.9 Å². The third-order valence-electron chi connectivity index (χ3n) is 6.16. The number of benzene rings is 2. The first-order chi connectivity index (χ1) is 19.2. The summed E-state index contributed by atoms with van der Waals surface area (Å²) in [7, 11) is 0. The molecule has 3 heterocycles. The molecule has 2 aromatic heterocycles. The Kier molecular flexibility index (Phi) is 6.96. The topological polar surface area (TPSA) is 160 Å². The van der Waals surface area contributed by atoms with Crippen molar-refractivity contribution in [1.29, 1.82) is 0 Å². The van der Waals surface area contributed by atoms with Gasteiger partial charge in [-0.1, -0.05) is 23.5 Å². The van der Waals surface area contributed by atoms with Crippen LogP contribution in [-0.2, 0) is 9.53 Å². The molecule has 0 amide bonds. The summed E-state index contributed by atoms with van der Waals surface area (Å²) in [6, 6.07) is 13.9. The van der Waals surface area contributed by atoms with Gasteiger partial charge in [-0.25, -0.2) is 9.79 Å². The minimum absolute atomic E-state index is 0.0781. The van der Waals surface area contributed by atoms with E-state index in [1.807, 2.05) is 0 Å². The van der Waals surface area contributed by atoms with E-state index in [1.165, 1.54) is 47.0 Å². The number of nitro benzene ring substituents is 2. The molecule has 1 atom stereocenters. The van der Waals surface area contributed by atoms with Crippen LogP contribution in [-0.4, -0.2) is 27.0 Å². The monoisotopic (exact) mass is 560 g/mol. The quantitative estimate of drug-likeness (QED) is 0.187. The molecule has 1 aliphatic rings. The molecule has 2 aromatic carbocycles. The predicted molar refractivity (Wildman–Crippen MR) is 144 cm³/mol. The number of rotatable bonds is 7. The van der Waals surface area contributed by atoms with E-state index in [0.717, 1.165) is 11.3 Å². The number of nitrogens with zero attached hydrogens (tertiary/aromatic N) is 4. The number of esters is 1. The average molecular weight is 561 g/mol. The molecule has 40 heavy (non-hydrogen) atoms. The second-order valence-electron chi connectivity index (χ2n) is 8.66. The Hall–Kier alpha value is -5.17. The summed E-state index contributed by atoms with van der Waals surface area (Å²) in [5.74, 6) is -0.113. The molecular weight excluding hydrogens is 540 g/mol. The first-order valence-corrected chi connectivity index (χ1v) is 12.8. The van der Waals surface area contributed by atoms with Crippen molar-refractivity contribution in [2.24, 2.45) is 4.99 Å². The van der Waals surface area contributed by atoms with Gasteiger partial charge in [-0.15, -0.1) is 0 Å². The smallest absolute Gasteiger partial charge is 0.338 e. The molecule has 202 valence electrons. The Bertz CT molecular complexity index is 1880. The standard InChI is InChI=1S/C27H20N4O8S/c1-3-38-26(33)23-15(2)28-27-29(25(32)22(40-27)13-16-7-9-18(10-8-16)30(34)35)24(23)21-12-11-20(39-21)17-5-4-6-19(14-17)31(36)37/h4-14,24H,3H2,1-2H3/b22-13-/t24-/m0/s1. The molecule has 0 saturated carbocycles. The summed E-state index contributed by atoms with van der Waals surface area (Å²) >= 11 is 1.10. The molecule has 13 heteroatoms. The van der Waals surface area contributed by atoms with Gasteiger partial charge in [-0.3, -0.25) is 29.6 Å². The molecule has 12 nitrogen and oxygen atoms in total. The van der Waals surface area contributed by atoms with Crippen LogP contribution in [0.1, 0.15) is 31.2 Å². The molecule has 1 aliphatic heterocycles. The summed E-state index contributed by atoms with van der Waals surface area (Å²) in [5.41, 5.74) is 0.845. The molecule has 0 radical (unpaired) electrons. The lowest BCUT2D eigenvalue weighted by Gasteiger charge is -2.22. The van der Waals surface area contributed by atoms with Gasteiger partial charge in [-0.05, 0) is 49.8 Å². The second-order valence-corrected chi connectivity index (χ2v) is 9.67. The first-order valence-electron chi connectivity index (χ1n) is 12.0. The number of fused-ring (bicyclic) bond motifs is 1. The lowest BCUT2D eigenvalue weighted by molar-refractivity contribution is -0.385. The fourth-order valence-corrected chi connectivity index (χ4v) is 5.38. The number of carbonyl (C=O) groups is 1. The van der Waals surface area contributed by atoms with Gasteiger partial charge in [-0.2, -0.15) is 0 Å². The molecule has 0 unspecified atom stereocenters. The highest BCUT2D eigenvalue weighted by Gasteiger charge is 2.35. The Labute approximate surface area is 229 Å². The molecule has 0 aliphatic carbocycles. The molecule has 5 rings (SSSR count). The number of hydrogen-bond acceptors (Lipinski definition) is 10. The van der Waals surface area contributed by atoms with E-state index in [9.17, 15) is 29.8 Å². The number of allylic oxidation sites excluding steroid dienone is 1. The number of ether oxygens (including phenoxy) is 1. The van der Waals surface area contributed by atoms with Crippen LogP contribution in [0.5, 0.6) is 0 Å². The van der Waals surface area contributed by atoms with Crippen LogP contribution < -0.4 is 14.9 Å². The molecule has 0 N–H and O–H groups in total. The number of hydrogen-bond donors (Lipinski definition) is 0. The molecule has 0 spiro atoms. The number of nitro groups is 2. The Balaban J connectivity index is 1.65. The number of furan rings is 1. The highest BCUT2D eigenvalue weighted by molar-refractivity contribution is 7.07. The van der Waals surface area contributed by atoms with Crippen LogP contribution in [0.3, 0.4) is 0 Å². The van der Waals surface area contributed by atoms with Crippen LogP contribution in [0.15, 0.2) is 86.1 Å². The highest BCUT2D eigenvalue weighted by atomic mass is 32.1. The fraction of sp³-hybridized carbons (Fsp3) is 0.148. The molecular formula is C27H20N4O8S. The first kappa shape index (κ1) is 26.4. The van der Waals surface area contributed by atoms with Gasteiger partial charge >= 0.3 is 5.97 Å². The van der Waals surface area contributed by atoms with Gasteiger partial charge in [0.2, 0.25) is 0 Å². The summed E-state index contributed by atoms with van der Waals surface area (Å²) in [5, 5.41) is 22.2. The number of non-ortho nitro benzene ring substituents is 2. The van der Waals surface area contributed by atoms with Gasteiger partial charge in [0.25, 0.3) is 16.9 Å². The van der Waals surface area contributed by atoms with Crippen molar-refractivity contribution < 1.29 is 23.8 Å². The summed E-state index contributed by atoms with van der Waals surface area (Å²) in [6.45, 7) is 3.40. The zero-order valence-corrected chi connectivity index (χ0v) is 21.9. The van der Waals surface area contributed by atoms with E-state index >= 15 is 0 Å². The maximum Gasteiger partial charge on any atom is 0.338 e. The van der Waals surface area contributed by atoms with Gasteiger partial charge in [0.05, 0.1) is 32.3 Å². The van der Waals surface area contributed by atoms with Crippen LogP contribution in [0.2, 0.25) is 0 Å². The number of carbonyl (C=O) groups excluding carboxylic acids is 1. The Morgan fingerprint density at radius 2 is 1.82 bits per heavy atom. The Morgan fingerprint density at radius 3 is 2.50 bits per heavy atom. The zero-order chi connectivity index (χ0) is 28.6. The van der Waals surface area contributed by atoms with Crippen molar-refractivity contribution in [3.63, 3.8) is 0 Å². The fourth-order valence-electron chi connectivity index (χ4n) is 4.33.